The Kier molecular flexibility index (Phi) is 6.62. The Morgan fingerprint density at radius 1 is 1.13 bits per heavy atom. The topological polar surface area (TPSA) is 57.6 Å². The van der Waals surface area contributed by atoms with Crippen molar-refractivity contribution in [2.24, 2.45) is 0 Å². The first kappa shape index (κ1) is 22.0. The largest absolute Gasteiger partial charge is 0.481 e. The van der Waals surface area contributed by atoms with E-state index >= 15 is 0 Å². The Morgan fingerprint density at radius 2 is 1.83 bits per heavy atom. The summed E-state index contributed by atoms with van der Waals surface area (Å²) >= 11 is 6.34. The van der Waals surface area contributed by atoms with Crippen LogP contribution in [0, 0.1) is 0 Å². The molecule has 1 amide bonds. The summed E-state index contributed by atoms with van der Waals surface area (Å²) < 4.78 is 39.1. The molecule has 0 aromatic heterocycles. The molecule has 2 aromatic rings. The third-order valence-electron chi connectivity index (χ3n) is 4.38. The van der Waals surface area contributed by atoms with Gasteiger partial charge in [-0.3, -0.25) is 14.5 Å². The molecule has 0 aliphatic carbocycles. The molecule has 4 nitrogen and oxygen atoms in total. The van der Waals surface area contributed by atoms with E-state index in [9.17, 15) is 22.8 Å². The minimum atomic E-state index is -4.41. The summed E-state index contributed by atoms with van der Waals surface area (Å²) in [5.41, 5.74) is 1.06. The molecule has 1 saturated heterocycles. The van der Waals surface area contributed by atoms with Gasteiger partial charge in [-0.1, -0.05) is 60.4 Å². The van der Waals surface area contributed by atoms with Crippen molar-refractivity contribution < 1.29 is 27.9 Å². The molecule has 0 radical (unpaired) electrons. The van der Waals surface area contributed by atoms with Crippen molar-refractivity contribution in [3.05, 3.63) is 64.6 Å². The normalized spacial score (nSPS) is 15.8. The van der Waals surface area contributed by atoms with Gasteiger partial charge < -0.3 is 5.11 Å². The van der Waals surface area contributed by atoms with Gasteiger partial charge in [0.15, 0.2) is 0 Å². The van der Waals surface area contributed by atoms with E-state index in [1.807, 2.05) is 0 Å². The van der Waals surface area contributed by atoms with Gasteiger partial charge in [0.1, 0.15) is 4.32 Å². The number of benzene rings is 2. The van der Waals surface area contributed by atoms with Crippen LogP contribution in [0.3, 0.4) is 0 Å². The van der Waals surface area contributed by atoms with E-state index in [1.165, 1.54) is 11.0 Å². The maximum Gasteiger partial charge on any atom is 0.416 e. The van der Waals surface area contributed by atoms with Crippen molar-refractivity contribution in [3.63, 3.8) is 0 Å². The molecule has 9 heteroatoms. The first-order valence-electron chi connectivity index (χ1n) is 8.90. The quantitative estimate of drug-likeness (QED) is 0.468. The molecule has 0 saturated carbocycles. The molecule has 0 unspecified atom stereocenters. The van der Waals surface area contributed by atoms with Crippen LogP contribution in [-0.4, -0.2) is 32.7 Å². The van der Waals surface area contributed by atoms with E-state index in [-0.39, 0.29) is 18.9 Å². The number of carboxylic acids is 1. The summed E-state index contributed by atoms with van der Waals surface area (Å²) in [5.74, 6) is -1.21. The monoisotopic (exact) mass is 451 g/mol. The van der Waals surface area contributed by atoms with Gasteiger partial charge in [0.25, 0.3) is 5.91 Å². The second-order valence-electron chi connectivity index (χ2n) is 6.53. The molecule has 0 bridgehead atoms. The third kappa shape index (κ3) is 5.28. The Balaban J connectivity index is 1.74. The van der Waals surface area contributed by atoms with Crippen LogP contribution in [0.2, 0.25) is 0 Å². The molecule has 1 aliphatic rings. The van der Waals surface area contributed by atoms with Gasteiger partial charge in [-0.15, -0.1) is 0 Å². The van der Waals surface area contributed by atoms with Crippen LogP contribution in [0.4, 0.5) is 13.2 Å². The Bertz CT molecular complexity index is 1020. The molecule has 0 spiro atoms. The predicted octanol–water partition coefficient (Wildman–Crippen LogP) is 5.44. The minimum Gasteiger partial charge on any atom is -0.481 e. The zero-order chi connectivity index (χ0) is 21.9. The van der Waals surface area contributed by atoms with E-state index in [2.05, 4.69) is 0 Å². The van der Waals surface area contributed by atoms with Crippen molar-refractivity contribution in [2.75, 3.05) is 6.54 Å². The summed E-state index contributed by atoms with van der Waals surface area (Å²) in [5, 5.41) is 8.72. The van der Waals surface area contributed by atoms with Crippen molar-refractivity contribution in [2.45, 2.75) is 19.0 Å². The number of amides is 1. The summed E-state index contributed by atoms with van der Waals surface area (Å²) in [6, 6.07) is 11.9. The molecule has 156 valence electrons. The molecule has 30 heavy (non-hydrogen) atoms. The lowest BCUT2D eigenvalue weighted by molar-refractivity contribution is -0.138. The van der Waals surface area contributed by atoms with Gasteiger partial charge in [0.05, 0.1) is 10.5 Å². The van der Waals surface area contributed by atoms with Crippen molar-refractivity contribution in [1.82, 2.24) is 4.90 Å². The minimum absolute atomic E-state index is 0.0485. The highest BCUT2D eigenvalue weighted by atomic mass is 32.2. The number of hydrogen-bond acceptors (Lipinski definition) is 4. The highest BCUT2D eigenvalue weighted by molar-refractivity contribution is 8.26. The summed E-state index contributed by atoms with van der Waals surface area (Å²) in [4.78, 5) is 24.9. The van der Waals surface area contributed by atoms with Crippen LogP contribution in [0.15, 0.2) is 53.4 Å². The number of carbonyl (C=O) groups is 2. The number of rotatable bonds is 6. The number of thioether (sulfide) groups is 1. The van der Waals surface area contributed by atoms with Crippen molar-refractivity contribution in [1.29, 1.82) is 0 Å². The lowest BCUT2D eigenvalue weighted by atomic mass is 10.0. The van der Waals surface area contributed by atoms with E-state index in [4.69, 9.17) is 17.3 Å². The number of alkyl halides is 3. The molecule has 1 aliphatic heterocycles. The summed E-state index contributed by atoms with van der Waals surface area (Å²) in [7, 11) is 0. The second-order valence-corrected chi connectivity index (χ2v) is 8.21. The number of hydrogen-bond donors (Lipinski definition) is 1. The zero-order valence-corrected chi connectivity index (χ0v) is 17.1. The average molecular weight is 451 g/mol. The molecule has 1 heterocycles. The number of nitrogens with zero attached hydrogens (tertiary/aromatic N) is 1. The first-order valence-corrected chi connectivity index (χ1v) is 10.1. The van der Waals surface area contributed by atoms with Gasteiger partial charge in [0, 0.05) is 13.0 Å². The lowest BCUT2D eigenvalue weighted by Gasteiger charge is -2.13. The Labute approximate surface area is 180 Å². The maximum absolute atomic E-state index is 12.9. The number of halogens is 3. The highest BCUT2D eigenvalue weighted by Crippen LogP contribution is 2.34. The van der Waals surface area contributed by atoms with Gasteiger partial charge in [0.2, 0.25) is 0 Å². The fraction of sp³-hybridized carbons (Fsp3) is 0.190. The Hall–Kier alpha value is -2.65. The second kappa shape index (κ2) is 9.01. The van der Waals surface area contributed by atoms with Crippen LogP contribution < -0.4 is 0 Å². The average Bonchev–Trinajstić information content (AvgIpc) is 2.95. The first-order chi connectivity index (χ1) is 14.1. The number of carboxylic acid groups (broad SMARTS) is 1. The third-order valence-corrected chi connectivity index (χ3v) is 5.76. The van der Waals surface area contributed by atoms with Crippen LogP contribution in [0.1, 0.15) is 24.0 Å². The van der Waals surface area contributed by atoms with Crippen LogP contribution in [0.5, 0.6) is 0 Å². The van der Waals surface area contributed by atoms with Crippen molar-refractivity contribution in [3.8, 4) is 11.1 Å². The standard InChI is InChI=1S/C21H16F3NO3S2/c22-21(23,24)16-4-1-3-15(12-16)14-8-6-13(7-9-14)11-17-19(28)25(20(29)30-17)10-2-5-18(26)27/h1,3-4,6-9,11-12H,2,5,10H2,(H,26,27). The number of aliphatic carboxylic acids is 1. The van der Waals surface area contributed by atoms with Gasteiger partial charge >= 0.3 is 12.1 Å². The van der Waals surface area contributed by atoms with Gasteiger partial charge in [-0.2, -0.15) is 13.2 Å². The van der Waals surface area contributed by atoms with Crippen LogP contribution in [0.25, 0.3) is 17.2 Å². The van der Waals surface area contributed by atoms with E-state index in [1.54, 1.807) is 36.4 Å². The van der Waals surface area contributed by atoms with E-state index < -0.39 is 17.7 Å². The summed E-state index contributed by atoms with van der Waals surface area (Å²) in [6.07, 6.45) is -2.49. The number of carbonyl (C=O) groups excluding carboxylic acids is 1. The predicted molar refractivity (Wildman–Crippen MR) is 114 cm³/mol. The molecular weight excluding hydrogens is 435 g/mol. The van der Waals surface area contributed by atoms with Crippen LogP contribution in [-0.2, 0) is 15.8 Å². The van der Waals surface area contributed by atoms with Gasteiger partial charge in [-0.25, -0.2) is 0 Å². The van der Waals surface area contributed by atoms with E-state index in [0.717, 1.165) is 23.9 Å². The molecule has 2 aromatic carbocycles. The van der Waals surface area contributed by atoms with E-state index in [0.29, 0.717) is 32.3 Å². The fourth-order valence-corrected chi connectivity index (χ4v) is 4.19. The molecule has 1 N–H and O–H groups in total. The summed E-state index contributed by atoms with van der Waals surface area (Å²) in [6.45, 7) is 0.239. The smallest absolute Gasteiger partial charge is 0.416 e. The van der Waals surface area contributed by atoms with Gasteiger partial charge in [-0.05, 0) is 41.3 Å². The van der Waals surface area contributed by atoms with Crippen molar-refractivity contribution >= 4 is 46.3 Å². The van der Waals surface area contributed by atoms with Crippen LogP contribution >= 0.6 is 24.0 Å². The molecule has 3 rings (SSSR count). The molecular formula is C21H16F3NO3S2. The number of thiocarbonyl (C=S) groups is 1. The lowest BCUT2D eigenvalue weighted by Crippen LogP contribution is -2.29. The maximum atomic E-state index is 12.9. The Morgan fingerprint density at radius 3 is 2.47 bits per heavy atom. The highest BCUT2D eigenvalue weighted by Gasteiger charge is 2.32. The fourth-order valence-electron chi connectivity index (χ4n) is 2.88. The zero-order valence-electron chi connectivity index (χ0n) is 15.5. The molecule has 0 atom stereocenters. The molecule has 1 fully saturated rings. The SMILES string of the molecule is O=C(O)CCCN1C(=O)C(=Cc2ccc(-c3cccc(C(F)(F)F)c3)cc2)SC1=S.